The predicted octanol–water partition coefficient (Wildman–Crippen LogP) is 2.99. The molecule has 0 bridgehead atoms. The van der Waals surface area contributed by atoms with Gasteiger partial charge < -0.3 is 11.1 Å². The molecule has 1 aromatic rings. The van der Waals surface area contributed by atoms with Gasteiger partial charge in [-0.25, -0.2) is 8.78 Å². The van der Waals surface area contributed by atoms with Crippen molar-refractivity contribution >= 4 is 19.9 Å². The Kier molecular flexibility index (Phi) is 6.49. The topological polar surface area (TPSA) is 72.2 Å². The van der Waals surface area contributed by atoms with Gasteiger partial charge in [0.05, 0.1) is 5.56 Å². The molecule has 0 unspecified atom stereocenters. The van der Waals surface area contributed by atoms with Gasteiger partial charge in [0.15, 0.2) is 11.6 Å². The minimum absolute atomic E-state index is 0.0184. The fraction of sp³-hybridized carbons (Fsp3) is 0.444. The summed E-state index contributed by atoms with van der Waals surface area (Å²) in [6, 6.07) is 2.17. The molecule has 0 aliphatic carbocycles. The highest BCUT2D eigenvalue weighted by Crippen LogP contribution is 2.35. The van der Waals surface area contributed by atoms with Crippen LogP contribution in [-0.2, 0) is 4.79 Å². The summed E-state index contributed by atoms with van der Waals surface area (Å²) < 4.78 is 26.9. The van der Waals surface area contributed by atoms with Gasteiger partial charge in [0.1, 0.15) is 14.1 Å². The summed E-state index contributed by atoms with van der Waals surface area (Å²) in [6.45, 7) is 10.5. The number of carbonyl (C=O) groups is 2. The number of nitrogens with two attached hydrogens (primary N) is 1. The van der Waals surface area contributed by atoms with Crippen LogP contribution in [0.15, 0.2) is 18.2 Å². The zero-order valence-electron chi connectivity index (χ0n) is 15.2. The van der Waals surface area contributed by atoms with Gasteiger partial charge in [-0.05, 0) is 17.2 Å². The predicted molar refractivity (Wildman–Crippen MR) is 96.4 cm³/mol. The Labute approximate surface area is 148 Å². The second-order valence-corrected chi connectivity index (χ2v) is 12.4. The van der Waals surface area contributed by atoms with E-state index in [1.807, 2.05) is 0 Å². The molecule has 4 nitrogen and oxygen atoms in total. The van der Waals surface area contributed by atoms with E-state index in [0.717, 1.165) is 12.1 Å². The van der Waals surface area contributed by atoms with Crippen molar-refractivity contribution < 1.29 is 18.4 Å². The Balaban J connectivity index is 2.92. The smallest absolute Gasteiger partial charge is 0.255 e. The third kappa shape index (κ3) is 5.39. The molecule has 2 amide bonds. The molecule has 0 aliphatic heterocycles. The molecule has 0 spiro atoms. The van der Waals surface area contributed by atoms with E-state index < -0.39 is 43.1 Å². The van der Waals surface area contributed by atoms with Crippen LogP contribution in [0.5, 0.6) is 0 Å². The van der Waals surface area contributed by atoms with Crippen molar-refractivity contribution in [2.24, 2.45) is 5.73 Å². The number of carbonyl (C=O) groups excluding carboxylic acids is 2. The first-order valence-corrected chi connectivity index (χ1v) is 10.9. The lowest BCUT2D eigenvalue weighted by molar-refractivity contribution is -0.119. The monoisotopic (exact) mass is 366 g/mol. The van der Waals surface area contributed by atoms with E-state index in [1.54, 1.807) is 0 Å². The Bertz CT molecular complexity index is 731. The number of halogens is 2. The maximum Gasteiger partial charge on any atom is 0.255 e. The molecule has 25 heavy (non-hydrogen) atoms. The second kappa shape index (κ2) is 7.79. The number of amides is 2. The molecule has 136 valence electrons. The van der Waals surface area contributed by atoms with Gasteiger partial charge in [-0.15, -0.1) is 11.5 Å². The summed E-state index contributed by atoms with van der Waals surface area (Å²) >= 11 is 0. The third-order valence-corrected chi connectivity index (χ3v) is 8.98. The summed E-state index contributed by atoms with van der Waals surface area (Å²) in [5.74, 6) is -1.17. The highest BCUT2D eigenvalue weighted by molar-refractivity contribution is 6.87. The zero-order valence-corrected chi connectivity index (χ0v) is 16.2. The Morgan fingerprint density at radius 2 is 1.88 bits per heavy atom. The summed E-state index contributed by atoms with van der Waals surface area (Å²) in [7, 11) is -1.86. The molecule has 7 heteroatoms. The largest absolute Gasteiger partial charge is 0.368 e. The van der Waals surface area contributed by atoms with Gasteiger partial charge in [-0.1, -0.05) is 39.9 Å². The molecule has 3 N–H and O–H groups in total. The molecule has 0 heterocycles. The molecular weight excluding hydrogens is 342 g/mol. The van der Waals surface area contributed by atoms with E-state index in [1.165, 1.54) is 6.07 Å². The molecule has 0 saturated carbocycles. The summed E-state index contributed by atoms with van der Waals surface area (Å²) in [5, 5.41) is 2.37. The molecule has 0 radical (unpaired) electrons. The van der Waals surface area contributed by atoms with Crippen molar-refractivity contribution in [2.75, 3.05) is 0 Å². The highest BCUT2D eigenvalue weighted by atomic mass is 28.3. The fourth-order valence-electron chi connectivity index (χ4n) is 1.70. The van der Waals surface area contributed by atoms with Crippen LogP contribution < -0.4 is 11.1 Å². The minimum Gasteiger partial charge on any atom is -0.368 e. The van der Waals surface area contributed by atoms with Gasteiger partial charge in [-0.2, -0.15) is 0 Å². The lowest BCUT2D eigenvalue weighted by Gasteiger charge is -2.31. The number of primary amides is 1. The Hall–Kier alpha value is -2.20. The average Bonchev–Trinajstić information content (AvgIpc) is 2.47. The van der Waals surface area contributed by atoms with Crippen LogP contribution in [-0.4, -0.2) is 25.9 Å². The average molecular weight is 366 g/mol. The molecule has 1 aromatic carbocycles. The van der Waals surface area contributed by atoms with Crippen LogP contribution >= 0.6 is 0 Å². The van der Waals surface area contributed by atoms with E-state index >= 15 is 0 Å². The van der Waals surface area contributed by atoms with Crippen molar-refractivity contribution in [2.45, 2.75) is 51.4 Å². The van der Waals surface area contributed by atoms with Crippen LogP contribution in [0, 0.1) is 23.1 Å². The molecule has 1 rings (SSSR count). The van der Waals surface area contributed by atoms with Crippen molar-refractivity contribution in [1.29, 1.82) is 0 Å². The van der Waals surface area contributed by atoms with E-state index in [9.17, 15) is 18.4 Å². The first kappa shape index (κ1) is 20.8. The Morgan fingerprint density at radius 3 is 2.40 bits per heavy atom. The van der Waals surface area contributed by atoms with Crippen LogP contribution in [0.3, 0.4) is 0 Å². The second-order valence-electron chi connectivity index (χ2n) is 7.41. The van der Waals surface area contributed by atoms with Crippen LogP contribution in [0.1, 0.15) is 37.6 Å². The first-order chi connectivity index (χ1) is 11.4. The van der Waals surface area contributed by atoms with Crippen LogP contribution in [0.4, 0.5) is 8.78 Å². The number of nitrogens with one attached hydrogen (secondary N) is 1. The molecule has 0 aromatic heterocycles. The number of hydrogen-bond acceptors (Lipinski definition) is 2. The molecule has 0 fully saturated rings. The van der Waals surface area contributed by atoms with Crippen molar-refractivity contribution in [3.8, 4) is 11.5 Å². The van der Waals surface area contributed by atoms with Gasteiger partial charge >= 0.3 is 0 Å². The minimum atomic E-state index is -1.86. The summed E-state index contributed by atoms with van der Waals surface area (Å²) in [6.07, 6.45) is 0.0184. The summed E-state index contributed by atoms with van der Waals surface area (Å²) in [5.41, 5.74) is 8.02. The maximum atomic E-state index is 13.7. The van der Waals surface area contributed by atoms with E-state index in [2.05, 4.69) is 50.6 Å². The molecule has 0 saturated heterocycles. The highest BCUT2D eigenvalue weighted by Gasteiger charge is 2.33. The van der Waals surface area contributed by atoms with Gasteiger partial charge in [0.25, 0.3) is 5.91 Å². The van der Waals surface area contributed by atoms with E-state index in [4.69, 9.17) is 5.73 Å². The van der Waals surface area contributed by atoms with Crippen molar-refractivity contribution in [3.05, 3.63) is 35.4 Å². The standard InChI is InChI=1S/C18H24F2N2O2Si/c1-18(2,3)25(4,5)11-7-10-14(16(21)23)22-17(24)12-8-6-9-13(19)15(12)20/h6,8-9,14H,10H2,1-5H3,(H2,21,23)(H,22,24)/t14-/m1/s1. The van der Waals surface area contributed by atoms with E-state index in [0.29, 0.717) is 0 Å². The van der Waals surface area contributed by atoms with E-state index in [-0.39, 0.29) is 11.5 Å². The fourth-order valence-corrected chi connectivity index (χ4v) is 2.62. The zero-order chi connectivity index (χ0) is 19.4. The molecule has 0 aliphatic rings. The normalized spacial score (nSPS) is 12.8. The third-order valence-electron chi connectivity index (χ3n) is 4.43. The maximum absolute atomic E-state index is 13.7. The first-order valence-electron chi connectivity index (χ1n) is 7.91. The number of hydrogen-bond donors (Lipinski definition) is 2. The van der Waals surface area contributed by atoms with Crippen molar-refractivity contribution in [3.63, 3.8) is 0 Å². The van der Waals surface area contributed by atoms with Gasteiger partial charge in [-0.3, -0.25) is 9.59 Å². The SMILES string of the molecule is CC(C)(C)[Si](C)(C)C#CC[C@@H](NC(=O)c1cccc(F)c1F)C(N)=O. The van der Waals surface area contributed by atoms with Gasteiger partial charge in [0, 0.05) is 6.42 Å². The van der Waals surface area contributed by atoms with Crippen LogP contribution in [0.25, 0.3) is 0 Å². The summed E-state index contributed by atoms with van der Waals surface area (Å²) in [4.78, 5) is 23.6. The molecular formula is C18H24F2N2O2Si. The Morgan fingerprint density at radius 1 is 1.28 bits per heavy atom. The number of benzene rings is 1. The van der Waals surface area contributed by atoms with Crippen LogP contribution in [0.2, 0.25) is 18.1 Å². The lowest BCUT2D eigenvalue weighted by Crippen LogP contribution is -2.44. The molecule has 1 atom stereocenters. The quantitative estimate of drug-likeness (QED) is 0.635. The van der Waals surface area contributed by atoms with Gasteiger partial charge in [0.2, 0.25) is 5.91 Å². The van der Waals surface area contributed by atoms with Crippen molar-refractivity contribution in [1.82, 2.24) is 5.32 Å². The number of rotatable bonds is 4. The lowest BCUT2D eigenvalue weighted by atomic mass is 10.1.